The molecule has 2 N–H and O–H groups in total. The zero-order valence-corrected chi connectivity index (χ0v) is 24.8. The van der Waals surface area contributed by atoms with Gasteiger partial charge in [0.15, 0.2) is 21.1 Å². The first-order valence-corrected chi connectivity index (χ1v) is 12.0. The first-order chi connectivity index (χ1) is 14.8. The number of hydrogen-bond acceptors (Lipinski definition) is 14. The molecule has 1 aromatic rings. The SMILES string of the molecule is CO/N=C(\C(=O)N[C@H]1C(=O)N(S(=O)(=O)[O-])[C@H]1COS(=O)(=O)[O-])c1csc(NC(=O)CCl)n1.[Na+].[Na+]. The molecular weight excluding hydrogens is 568 g/mol. The molecule has 0 aromatic carbocycles. The summed E-state index contributed by atoms with van der Waals surface area (Å²) in [5.41, 5.74) is -0.656. The van der Waals surface area contributed by atoms with Gasteiger partial charge in [0.05, 0.1) is 6.61 Å². The van der Waals surface area contributed by atoms with Crippen molar-refractivity contribution in [2.24, 2.45) is 5.16 Å². The second-order valence-corrected chi connectivity index (χ2v) is 9.07. The first kappa shape index (κ1) is 33.6. The molecule has 0 spiro atoms. The molecule has 0 unspecified atom stereocenters. The van der Waals surface area contributed by atoms with Crippen molar-refractivity contribution < 1.29 is 108 Å². The molecule has 1 saturated heterocycles. The summed E-state index contributed by atoms with van der Waals surface area (Å²) in [6.45, 7) is -1.22. The van der Waals surface area contributed by atoms with Crippen molar-refractivity contribution in [3.8, 4) is 0 Å². The third kappa shape index (κ3) is 8.91. The Morgan fingerprint density at radius 1 is 1.29 bits per heavy atom. The quantitative estimate of drug-likeness (QED) is 0.0500. The monoisotopic (exact) mass is 579 g/mol. The zero-order valence-electron chi connectivity index (χ0n) is 17.6. The minimum absolute atomic E-state index is 0. The molecule has 0 saturated carbocycles. The molecule has 1 fully saturated rings. The van der Waals surface area contributed by atoms with Crippen LogP contribution in [-0.2, 0) is 44.1 Å². The molecule has 2 heterocycles. The van der Waals surface area contributed by atoms with Crippen molar-refractivity contribution in [1.29, 1.82) is 0 Å². The Balaban J connectivity index is 0.00000544. The minimum atomic E-state index is -5.41. The molecule has 2 rings (SSSR count). The van der Waals surface area contributed by atoms with Gasteiger partial charge in [0.2, 0.25) is 16.3 Å². The van der Waals surface area contributed by atoms with Crippen molar-refractivity contribution in [3.05, 3.63) is 11.1 Å². The summed E-state index contributed by atoms with van der Waals surface area (Å²) in [6.07, 6.45) is 0. The summed E-state index contributed by atoms with van der Waals surface area (Å²) in [6, 6.07) is -3.58. The molecule has 1 aliphatic rings. The zero-order chi connectivity index (χ0) is 24.3. The Hall–Kier alpha value is -0.420. The van der Waals surface area contributed by atoms with Crippen LogP contribution in [0, 0.1) is 0 Å². The number of aromatic nitrogens is 1. The standard InChI is InChI=1S/C12H14ClN5O11S3.2Na/c1-28-17-8(5-4-30-12(14-5)15-7(19)2-13)10(20)16-9-6(3-29-32(25,26)27)18(11(9)21)31(22,23)24;;/h4,6,9H,2-3H2,1H3,(H,16,20)(H,14,15,19)(H,22,23,24)(H,25,26,27);;/q;2*+1/p-2/b17-8-;;/t6-,9+;;/m0../s1. The summed E-state index contributed by atoms with van der Waals surface area (Å²) in [5, 5.41) is 9.13. The normalized spacial score (nSPS) is 18.2. The largest absolute Gasteiger partial charge is 1.00 e. The average Bonchev–Trinajstić information content (AvgIpc) is 3.12. The van der Waals surface area contributed by atoms with Crippen LogP contribution >= 0.6 is 22.9 Å². The Bertz CT molecular complexity index is 1160. The van der Waals surface area contributed by atoms with Gasteiger partial charge in [0, 0.05) is 5.38 Å². The van der Waals surface area contributed by atoms with Gasteiger partial charge < -0.3 is 24.6 Å². The Kier molecular flexibility index (Phi) is 13.6. The molecule has 2 atom stereocenters. The third-order valence-electron chi connectivity index (χ3n) is 3.59. The Morgan fingerprint density at radius 3 is 2.41 bits per heavy atom. The number of alkyl halides is 1. The maximum atomic E-state index is 12.6. The molecular formula is C12H12ClN5Na2O11S3. The topological polar surface area (TPSA) is 237 Å². The molecule has 0 bridgehead atoms. The minimum Gasteiger partial charge on any atom is -0.731 e. The van der Waals surface area contributed by atoms with Gasteiger partial charge in [0.25, 0.3) is 11.8 Å². The fraction of sp³-hybridized carbons (Fsp3) is 0.417. The van der Waals surface area contributed by atoms with Crippen LogP contribution in [0.1, 0.15) is 5.69 Å². The van der Waals surface area contributed by atoms with Crippen molar-refractivity contribution in [2.45, 2.75) is 12.1 Å². The van der Waals surface area contributed by atoms with Gasteiger partial charge in [-0.05, 0) is 0 Å². The van der Waals surface area contributed by atoms with E-state index in [4.69, 9.17) is 11.6 Å². The van der Waals surface area contributed by atoms with Crippen LogP contribution in [0.25, 0.3) is 0 Å². The van der Waals surface area contributed by atoms with E-state index in [0.29, 0.717) is 0 Å². The molecule has 1 aliphatic heterocycles. The number of oxime groups is 1. The van der Waals surface area contributed by atoms with E-state index in [1.807, 2.05) is 5.32 Å². The fourth-order valence-corrected chi connectivity index (χ4v) is 4.30. The molecule has 34 heavy (non-hydrogen) atoms. The Labute approximate surface area is 246 Å². The van der Waals surface area contributed by atoms with Crippen molar-refractivity contribution in [3.63, 3.8) is 0 Å². The average molecular weight is 580 g/mol. The van der Waals surface area contributed by atoms with Gasteiger partial charge in [-0.1, -0.05) is 5.16 Å². The summed E-state index contributed by atoms with van der Waals surface area (Å²) < 4.78 is 69.2. The van der Waals surface area contributed by atoms with Gasteiger partial charge in [-0.2, -0.15) is 0 Å². The fourth-order valence-electron chi connectivity index (χ4n) is 2.37. The van der Waals surface area contributed by atoms with E-state index in [2.05, 4.69) is 24.5 Å². The van der Waals surface area contributed by atoms with E-state index in [-0.39, 0.29) is 80.1 Å². The van der Waals surface area contributed by atoms with E-state index in [9.17, 15) is 40.3 Å². The number of hydrogen-bond donors (Lipinski definition) is 2. The molecule has 3 amide bonds. The number of thiazole rings is 1. The number of carbonyl (C=O) groups is 3. The number of carbonyl (C=O) groups excluding carboxylic acids is 3. The predicted molar refractivity (Wildman–Crippen MR) is 103 cm³/mol. The summed E-state index contributed by atoms with van der Waals surface area (Å²) in [4.78, 5) is 44.4. The van der Waals surface area contributed by atoms with Crippen LogP contribution < -0.4 is 69.7 Å². The molecule has 0 aliphatic carbocycles. The number of rotatable bonds is 10. The van der Waals surface area contributed by atoms with E-state index in [1.54, 1.807) is 0 Å². The molecule has 22 heteroatoms. The third-order valence-corrected chi connectivity index (χ3v) is 5.95. The van der Waals surface area contributed by atoms with Crippen LogP contribution in [0.2, 0.25) is 0 Å². The molecule has 178 valence electrons. The first-order valence-electron chi connectivity index (χ1n) is 7.91. The molecule has 1 aromatic heterocycles. The van der Waals surface area contributed by atoms with Gasteiger partial charge in [-0.15, -0.1) is 22.9 Å². The number of nitrogens with one attached hydrogen (secondary N) is 2. The molecule has 0 radical (unpaired) electrons. The maximum Gasteiger partial charge on any atom is 1.00 e. The second kappa shape index (κ2) is 13.8. The summed E-state index contributed by atoms with van der Waals surface area (Å²) >= 11 is 6.25. The van der Waals surface area contributed by atoms with Crippen molar-refractivity contribution >= 4 is 72.2 Å². The van der Waals surface area contributed by atoms with Crippen LogP contribution in [0.5, 0.6) is 0 Å². The maximum absolute atomic E-state index is 12.6. The predicted octanol–water partition coefficient (Wildman–Crippen LogP) is -8.69. The van der Waals surface area contributed by atoms with E-state index < -0.39 is 62.8 Å². The second-order valence-electron chi connectivity index (χ2n) is 5.65. The van der Waals surface area contributed by atoms with E-state index in [1.165, 1.54) is 5.38 Å². The number of β-lactam (4-membered cyclic amide) rings is 1. The van der Waals surface area contributed by atoms with Crippen LogP contribution in [0.4, 0.5) is 5.13 Å². The smallest absolute Gasteiger partial charge is 0.731 e. The Morgan fingerprint density at radius 2 is 1.91 bits per heavy atom. The van der Waals surface area contributed by atoms with Gasteiger partial charge >= 0.3 is 59.1 Å². The number of nitrogens with zero attached hydrogens (tertiary/aromatic N) is 3. The number of anilines is 1. The van der Waals surface area contributed by atoms with E-state index >= 15 is 0 Å². The molecule has 16 nitrogen and oxygen atoms in total. The van der Waals surface area contributed by atoms with Gasteiger partial charge in [-0.3, -0.25) is 18.6 Å². The van der Waals surface area contributed by atoms with E-state index in [0.717, 1.165) is 18.4 Å². The van der Waals surface area contributed by atoms with Gasteiger partial charge in [-0.25, -0.2) is 26.1 Å². The van der Waals surface area contributed by atoms with Crippen molar-refractivity contribution in [2.75, 3.05) is 24.9 Å². The summed E-state index contributed by atoms with van der Waals surface area (Å²) in [5.74, 6) is -3.50. The van der Waals surface area contributed by atoms with Crippen LogP contribution in [0.3, 0.4) is 0 Å². The van der Waals surface area contributed by atoms with Crippen LogP contribution in [0.15, 0.2) is 10.5 Å². The number of amides is 3. The van der Waals surface area contributed by atoms with Crippen LogP contribution in [-0.4, -0.2) is 90.3 Å². The number of halogens is 1. The summed E-state index contributed by atoms with van der Waals surface area (Å²) in [7, 11) is -9.63. The van der Waals surface area contributed by atoms with Gasteiger partial charge in [0.1, 0.15) is 30.8 Å². The van der Waals surface area contributed by atoms with Crippen molar-refractivity contribution in [1.82, 2.24) is 14.6 Å².